The Hall–Kier alpha value is -1.04. The molecule has 1 rings (SSSR count). The zero-order valence-corrected chi connectivity index (χ0v) is 10.8. The number of aromatic nitrogens is 2. The van der Waals surface area contributed by atoms with Crippen LogP contribution in [0.3, 0.4) is 0 Å². The second-order valence-corrected chi connectivity index (χ2v) is 4.38. The molecule has 0 saturated carbocycles. The predicted molar refractivity (Wildman–Crippen MR) is 64.1 cm³/mol. The fourth-order valence-electron chi connectivity index (χ4n) is 1.70. The maximum absolute atomic E-state index is 12.4. The third-order valence-electron chi connectivity index (χ3n) is 2.78. The fourth-order valence-corrected chi connectivity index (χ4v) is 1.70. The van der Waals surface area contributed by atoms with Crippen molar-refractivity contribution < 1.29 is 13.2 Å². The summed E-state index contributed by atoms with van der Waals surface area (Å²) >= 11 is 0. The van der Waals surface area contributed by atoms with Crippen LogP contribution < -0.4 is 5.32 Å². The normalized spacial score (nSPS) is 12.1. The van der Waals surface area contributed by atoms with Crippen molar-refractivity contribution in [1.29, 1.82) is 0 Å². The van der Waals surface area contributed by atoms with Crippen molar-refractivity contribution >= 4 is 0 Å². The predicted octanol–water partition coefficient (Wildman–Crippen LogP) is 3.11. The van der Waals surface area contributed by atoms with E-state index in [1.165, 1.54) is 24.6 Å². The minimum Gasteiger partial charge on any atom is -0.311 e. The Balaban J connectivity index is 2.36. The lowest BCUT2D eigenvalue weighted by Crippen LogP contribution is -2.16. The third-order valence-corrected chi connectivity index (χ3v) is 2.78. The highest BCUT2D eigenvalue weighted by Crippen LogP contribution is 2.28. The molecule has 0 bridgehead atoms. The Morgan fingerprint density at radius 2 is 2.00 bits per heavy atom. The van der Waals surface area contributed by atoms with Crippen LogP contribution in [0.2, 0.25) is 0 Å². The van der Waals surface area contributed by atoms with Gasteiger partial charge in [-0.15, -0.1) is 0 Å². The van der Waals surface area contributed by atoms with Gasteiger partial charge in [-0.2, -0.15) is 18.3 Å². The van der Waals surface area contributed by atoms with Crippen LogP contribution in [-0.4, -0.2) is 16.3 Å². The van der Waals surface area contributed by atoms with E-state index < -0.39 is 11.9 Å². The van der Waals surface area contributed by atoms with E-state index in [2.05, 4.69) is 17.3 Å². The van der Waals surface area contributed by atoms with Gasteiger partial charge in [0.1, 0.15) is 0 Å². The SMILES string of the molecule is CCCCCCNCc1cc(C(F)(F)F)nn1C. The van der Waals surface area contributed by atoms with E-state index in [1.54, 1.807) is 0 Å². The van der Waals surface area contributed by atoms with E-state index in [4.69, 9.17) is 0 Å². The number of alkyl halides is 3. The molecule has 3 nitrogen and oxygen atoms in total. The van der Waals surface area contributed by atoms with Crippen molar-refractivity contribution in [3.05, 3.63) is 17.5 Å². The highest BCUT2D eigenvalue weighted by Gasteiger charge is 2.34. The third kappa shape index (κ3) is 4.68. The molecule has 0 aliphatic carbocycles. The lowest BCUT2D eigenvalue weighted by atomic mass is 10.2. The van der Waals surface area contributed by atoms with Gasteiger partial charge in [-0.25, -0.2) is 0 Å². The van der Waals surface area contributed by atoms with Gasteiger partial charge >= 0.3 is 6.18 Å². The summed E-state index contributed by atoms with van der Waals surface area (Å²) in [6.07, 6.45) is 0.222. The molecule has 0 saturated heterocycles. The van der Waals surface area contributed by atoms with Gasteiger partial charge < -0.3 is 5.32 Å². The Morgan fingerprint density at radius 1 is 1.28 bits per heavy atom. The van der Waals surface area contributed by atoms with Crippen LogP contribution in [0, 0.1) is 0 Å². The maximum atomic E-state index is 12.4. The number of nitrogens with zero attached hydrogens (tertiary/aromatic N) is 2. The molecule has 0 aliphatic rings. The van der Waals surface area contributed by atoms with Gasteiger partial charge in [0, 0.05) is 13.6 Å². The molecule has 0 spiro atoms. The van der Waals surface area contributed by atoms with Crippen molar-refractivity contribution in [1.82, 2.24) is 15.1 Å². The smallest absolute Gasteiger partial charge is 0.311 e. The highest BCUT2D eigenvalue weighted by molar-refractivity contribution is 5.12. The molecule has 0 aromatic carbocycles. The van der Waals surface area contributed by atoms with Gasteiger partial charge in [0.05, 0.1) is 5.69 Å². The summed E-state index contributed by atoms with van der Waals surface area (Å²) in [5.74, 6) is 0. The number of hydrogen-bond donors (Lipinski definition) is 1. The highest BCUT2D eigenvalue weighted by atomic mass is 19.4. The Labute approximate surface area is 105 Å². The van der Waals surface area contributed by atoms with Crippen LogP contribution in [0.4, 0.5) is 13.2 Å². The van der Waals surface area contributed by atoms with Gasteiger partial charge in [-0.3, -0.25) is 4.68 Å². The summed E-state index contributed by atoms with van der Waals surface area (Å²) < 4.78 is 38.5. The quantitative estimate of drug-likeness (QED) is 0.766. The monoisotopic (exact) mass is 263 g/mol. The zero-order valence-electron chi connectivity index (χ0n) is 10.8. The number of halogens is 3. The number of aryl methyl sites for hydroxylation is 1. The summed E-state index contributed by atoms with van der Waals surface area (Å²) in [4.78, 5) is 0. The van der Waals surface area contributed by atoms with Crippen LogP contribution in [0.15, 0.2) is 6.07 Å². The van der Waals surface area contributed by atoms with Crippen LogP contribution >= 0.6 is 0 Å². The van der Waals surface area contributed by atoms with E-state index in [-0.39, 0.29) is 0 Å². The minimum absolute atomic E-state index is 0.422. The molecule has 1 aromatic heterocycles. The Bertz CT molecular complexity index is 358. The van der Waals surface area contributed by atoms with Gasteiger partial charge in [-0.05, 0) is 19.0 Å². The largest absolute Gasteiger partial charge is 0.435 e. The van der Waals surface area contributed by atoms with Crippen molar-refractivity contribution in [3.8, 4) is 0 Å². The summed E-state index contributed by atoms with van der Waals surface area (Å²) in [7, 11) is 1.53. The minimum atomic E-state index is -4.36. The number of hydrogen-bond acceptors (Lipinski definition) is 2. The average Bonchev–Trinajstić information content (AvgIpc) is 2.65. The molecule has 0 amide bonds. The van der Waals surface area contributed by atoms with Gasteiger partial charge in [0.15, 0.2) is 5.69 Å². The van der Waals surface area contributed by atoms with E-state index in [1.807, 2.05) is 0 Å². The molecule has 0 atom stereocenters. The number of unbranched alkanes of at least 4 members (excludes halogenated alkanes) is 3. The van der Waals surface area contributed by atoms with Crippen molar-refractivity contribution in [2.24, 2.45) is 7.05 Å². The molecule has 6 heteroatoms. The average molecular weight is 263 g/mol. The van der Waals surface area contributed by atoms with Crippen LogP contribution in [0.5, 0.6) is 0 Å². The van der Waals surface area contributed by atoms with Crippen molar-refractivity contribution in [2.45, 2.75) is 45.3 Å². The Morgan fingerprint density at radius 3 is 2.56 bits per heavy atom. The molecule has 18 heavy (non-hydrogen) atoms. The second-order valence-electron chi connectivity index (χ2n) is 4.38. The van der Waals surface area contributed by atoms with E-state index in [9.17, 15) is 13.2 Å². The molecular formula is C12H20F3N3. The van der Waals surface area contributed by atoms with Gasteiger partial charge in [0.25, 0.3) is 0 Å². The molecule has 0 unspecified atom stereocenters. The number of rotatable bonds is 7. The molecular weight excluding hydrogens is 243 g/mol. The fraction of sp³-hybridized carbons (Fsp3) is 0.750. The van der Waals surface area contributed by atoms with Crippen LogP contribution in [-0.2, 0) is 19.8 Å². The maximum Gasteiger partial charge on any atom is 0.435 e. The first kappa shape index (κ1) is 15.0. The molecule has 0 radical (unpaired) electrons. The molecule has 0 fully saturated rings. The molecule has 1 aromatic rings. The Kier molecular flexibility index (Phi) is 5.65. The standard InChI is InChI=1S/C12H20F3N3/c1-3-4-5-6-7-16-9-10-8-11(12(13,14)15)17-18(10)2/h8,16H,3-7,9H2,1-2H3. The van der Waals surface area contributed by atoms with Crippen LogP contribution in [0.1, 0.15) is 44.0 Å². The summed E-state index contributed by atoms with van der Waals surface area (Å²) in [5.41, 5.74) is -0.273. The summed E-state index contributed by atoms with van der Waals surface area (Å²) in [5, 5.41) is 6.60. The second kappa shape index (κ2) is 6.78. The first-order valence-corrected chi connectivity index (χ1v) is 6.26. The molecule has 0 aliphatic heterocycles. The summed E-state index contributed by atoms with van der Waals surface area (Å²) in [6.45, 7) is 3.39. The van der Waals surface area contributed by atoms with E-state index in [0.29, 0.717) is 12.2 Å². The summed E-state index contributed by atoms with van der Waals surface area (Å²) in [6, 6.07) is 1.10. The first-order valence-electron chi connectivity index (χ1n) is 6.26. The molecule has 1 N–H and O–H groups in total. The lowest BCUT2D eigenvalue weighted by molar-refractivity contribution is -0.141. The van der Waals surface area contributed by atoms with E-state index in [0.717, 1.165) is 25.5 Å². The molecule has 104 valence electrons. The van der Waals surface area contributed by atoms with Gasteiger partial charge in [0.2, 0.25) is 0 Å². The van der Waals surface area contributed by atoms with Crippen molar-refractivity contribution in [2.75, 3.05) is 6.54 Å². The van der Waals surface area contributed by atoms with E-state index >= 15 is 0 Å². The topological polar surface area (TPSA) is 29.9 Å². The van der Waals surface area contributed by atoms with Crippen LogP contribution in [0.25, 0.3) is 0 Å². The number of nitrogens with one attached hydrogen (secondary N) is 1. The first-order chi connectivity index (χ1) is 8.45. The lowest BCUT2D eigenvalue weighted by Gasteiger charge is -2.04. The molecule has 1 heterocycles. The zero-order chi connectivity index (χ0) is 13.6. The van der Waals surface area contributed by atoms with Gasteiger partial charge in [-0.1, -0.05) is 26.2 Å². The van der Waals surface area contributed by atoms with Crippen molar-refractivity contribution in [3.63, 3.8) is 0 Å².